The molecule has 0 fully saturated rings. The van der Waals surface area contributed by atoms with Crippen LogP contribution < -0.4 is 0 Å². The molecule has 0 unspecified atom stereocenters. The lowest BCUT2D eigenvalue weighted by molar-refractivity contribution is -0.385. The topological polar surface area (TPSA) is 93.4 Å². The molecule has 1 heterocycles. The van der Waals surface area contributed by atoms with E-state index in [1.54, 1.807) is 31.5 Å². The Labute approximate surface area is 128 Å². The summed E-state index contributed by atoms with van der Waals surface area (Å²) in [6.07, 6.45) is 3.17. The second-order valence-electron chi connectivity index (χ2n) is 4.83. The summed E-state index contributed by atoms with van der Waals surface area (Å²) in [6, 6.07) is 7.37. The molecule has 2 aromatic rings. The van der Waals surface area contributed by atoms with E-state index in [9.17, 15) is 18.5 Å². The number of hydrogen-bond acceptors (Lipinski definition) is 5. The van der Waals surface area contributed by atoms with Crippen LogP contribution in [-0.2, 0) is 16.6 Å². The summed E-state index contributed by atoms with van der Waals surface area (Å²) in [5, 5.41) is 11.0. The van der Waals surface area contributed by atoms with E-state index in [2.05, 4.69) is 4.98 Å². The molecule has 0 radical (unpaired) electrons. The minimum atomic E-state index is -3.81. The Hall–Kier alpha value is -2.32. The average molecular weight is 321 g/mol. The quantitative estimate of drug-likeness (QED) is 0.621. The molecule has 0 amide bonds. The molecule has 0 saturated carbocycles. The molecule has 0 N–H and O–H groups in total. The van der Waals surface area contributed by atoms with Gasteiger partial charge in [0.25, 0.3) is 5.69 Å². The van der Waals surface area contributed by atoms with Crippen molar-refractivity contribution in [3.8, 4) is 0 Å². The van der Waals surface area contributed by atoms with Crippen LogP contribution in [0, 0.1) is 17.0 Å². The van der Waals surface area contributed by atoms with Crippen LogP contribution in [0.1, 0.15) is 11.1 Å². The molecule has 7 nitrogen and oxygen atoms in total. The first-order valence-electron chi connectivity index (χ1n) is 6.42. The summed E-state index contributed by atoms with van der Waals surface area (Å²) in [6.45, 7) is 1.70. The molecule has 0 saturated heterocycles. The fraction of sp³-hybridized carbons (Fsp3) is 0.214. The van der Waals surface area contributed by atoms with E-state index in [1.165, 1.54) is 19.2 Å². The van der Waals surface area contributed by atoms with E-state index in [0.717, 1.165) is 15.9 Å². The van der Waals surface area contributed by atoms with E-state index >= 15 is 0 Å². The zero-order chi connectivity index (χ0) is 16.3. The number of aryl methyl sites for hydroxylation is 1. The van der Waals surface area contributed by atoms with E-state index in [0.29, 0.717) is 5.56 Å². The number of nitrogens with zero attached hydrogens (tertiary/aromatic N) is 3. The zero-order valence-corrected chi connectivity index (χ0v) is 12.9. The number of aromatic nitrogens is 1. The molecular weight excluding hydrogens is 306 g/mol. The van der Waals surface area contributed by atoms with Crippen molar-refractivity contribution in [3.05, 3.63) is 64.0 Å². The maximum atomic E-state index is 12.5. The lowest BCUT2D eigenvalue weighted by Crippen LogP contribution is -2.26. The highest BCUT2D eigenvalue weighted by Gasteiger charge is 2.24. The molecule has 0 aliphatic carbocycles. The van der Waals surface area contributed by atoms with Crippen LogP contribution in [0.5, 0.6) is 0 Å². The van der Waals surface area contributed by atoms with Crippen LogP contribution in [-0.4, -0.2) is 29.7 Å². The highest BCUT2D eigenvalue weighted by atomic mass is 32.2. The Balaban J connectivity index is 2.34. The molecule has 0 aliphatic rings. The number of hydrogen-bond donors (Lipinski definition) is 0. The zero-order valence-electron chi connectivity index (χ0n) is 12.1. The van der Waals surface area contributed by atoms with Gasteiger partial charge in [0.05, 0.1) is 9.82 Å². The van der Waals surface area contributed by atoms with Crippen molar-refractivity contribution in [2.24, 2.45) is 0 Å². The summed E-state index contributed by atoms with van der Waals surface area (Å²) in [5.74, 6) is 0. The van der Waals surface area contributed by atoms with Crippen molar-refractivity contribution in [1.29, 1.82) is 0 Å². The molecule has 22 heavy (non-hydrogen) atoms. The van der Waals surface area contributed by atoms with Crippen LogP contribution in [0.15, 0.2) is 47.6 Å². The van der Waals surface area contributed by atoms with Gasteiger partial charge < -0.3 is 0 Å². The molecule has 0 spiro atoms. The number of pyridine rings is 1. The molecule has 116 valence electrons. The number of rotatable bonds is 5. The standard InChI is InChI=1S/C14H15N3O4S/c1-11-5-6-13(8-14(11)17(18)19)22(20,21)16(2)10-12-4-3-7-15-9-12/h3-9H,10H2,1-2H3. The molecule has 1 aromatic carbocycles. The lowest BCUT2D eigenvalue weighted by Gasteiger charge is -2.17. The normalized spacial score (nSPS) is 11.6. The van der Waals surface area contributed by atoms with Crippen molar-refractivity contribution in [2.75, 3.05) is 7.05 Å². The maximum Gasteiger partial charge on any atom is 0.273 e. The smallest absolute Gasteiger partial charge is 0.264 e. The fourth-order valence-electron chi connectivity index (χ4n) is 1.96. The van der Waals surface area contributed by atoms with Crippen molar-refractivity contribution in [3.63, 3.8) is 0 Å². The van der Waals surface area contributed by atoms with Gasteiger partial charge in [0, 0.05) is 37.6 Å². The maximum absolute atomic E-state index is 12.5. The highest BCUT2D eigenvalue weighted by molar-refractivity contribution is 7.89. The van der Waals surface area contributed by atoms with Crippen LogP contribution in [0.3, 0.4) is 0 Å². The minimum absolute atomic E-state index is 0.101. The number of benzene rings is 1. The Bertz CT molecular complexity index is 791. The average Bonchev–Trinajstić information content (AvgIpc) is 2.48. The van der Waals surface area contributed by atoms with Gasteiger partial charge in [-0.3, -0.25) is 15.1 Å². The first kappa shape index (κ1) is 16.1. The Kier molecular flexibility index (Phi) is 4.53. The molecule has 0 aliphatic heterocycles. The Morgan fingerprint density at radius 1 is 1.32 bits per heavy atom. The molecule has 2 rings (SSSR count). The summed E-state index contributed by atoms with van der Waals surface area (Å²) < 4.78 is 26.1. The van der Waals surface area contributed by atoms with Crippen LogP contribution in [0.4, 0.5) is 5.69 Å². The largest absolute Gasteiger partial charge is 0.273 e. The van der Waals surface area contributed by atoms with Crippen LogP contribution in [0.25, 0.3) is 0 Å². The predicted molar refractivity (Wildman–Crippen MR) is 80.7 cm³/mol. The molecule has 0 bridgehead atoms. The van der Waals surface area contributed by atoms with Crippen LogP contribution >= 0.6 is 0 Å². The van der Waals surface area contributed by atoms with Gasteiger partial charge in [0.1, 0.15) is 0 Å². The second-order valence-corrected chi connectivity index (χ2v) is 6.87. The third-order valence-electron chi connectivity index (χ3n) is 3.21. The summed E-state index contributed by atoms with van der Waals surface area (Å²) in [4.78, 5) is 14.2. The van der Waals surface area contributed by atoms with Gasteiger partial charge in [-0.05, 0) is 24.6 Å². The van der Waals surface area contributed by atoms with E-state index in [1.807, 2.05) is 0 Å². The second kappa shape index (κ2) is 6.20. The van der Waals surface area contributed by atoms with Gasteiger partial charge in [-0.15, -0.1) is 0 Å². The third-order valence-corrected chi connectivity index (χ3v) is 5.01. The van der Waals surface area contributed by atoms with E-state index in [4.69, 9.17) is 0 Å². The molecule has 8 heteroatoms. The van der Waals surface area contributed by atoms with Gasteiger partial charge in [-0.25, -0.2) is 8.42 Å². The van der Waals surface area contributed by atoms with E-state index in [-0.39, 0.29) is 17.1 Å². The van der Waals surface area contributed by atoms with Gasteiger partial charge in [0.15, 0.2) is 0 Å². The Morgan fingerprint density at radius 3 is 2.64 bits per heavy atom. The molecule has 1 aromatic heterocycles. The van der Waals surface area contributed by atoms with Crippen molar-refractivity contribution in [1.82, 2.24) is 9.29 Å². The van der Waals surface area contributed by atoms with Gasteiger partial charge in [0.2, 0.25) is 10.0 Å². The number of nitro benzene ring substituents is 1. The predicted octanol–water partition coefficient (Wildman–Crippen LogP) is 2.12. The van der Waals surface area contributed by atoms with Crippen LogP contribution in [0.2, 0.25) is 0 Å². The monoisotopic (exact) mass is 321 g/mol. The van der Waals surface area contributed by atoms with E-state index < -0.39 is 14.9 Å². The van der Waals surface area contributed by atoms with Crippen molar-refractivity contribution >= 4 is 15.7 Å². The number of sulfonamides is 1. The SMILES string of the molecule is Cc1ccc(S(=O)(=O)N(C)Cc2cccnc2)cc1[N+](=O)[O-]. The lowest BCUT2D eigenvalue weighted by atomic mass is 10.2. The highest BCUT2D eigenvalue weighted by Crippen LogP contribution is 2.24. The summed E-state index contributed by atoms with van der Waals surface area (Å²) in [5.41, 5.74) is 0.935. The molecule has 0 atom stereocenters. The van der Waals surface area contributed by atoms with Crippen molar-refractivity contribution in [2.45, 2.75) is 18.4 Å². The van der Waals surface area contributed by atoms with Gasteiger partial charge in [-0.1, -0.05) is 12.1 Å². The first-order valence-corrected chi connectivity index (χ1v) is 7.86. The molecular formula is C14H15N3O4S. The Morgan fingerprint density at radius 2 is 2.05 bits per heavy atom. The first-order chi connectivity index (χ1) is 10.3. The summed E-state index contributed by atoms with van der Waals surface area (Å²) in [7, 11) is -2.38. The van der Waals surface area contributed by atoms with Gasteiger partial charge >= 0.3 is 0 Å². The van der Waals surface area contributed by atoms with Crippen molar-refractivity contribution < 1.29 is 13.3 Å². The third kappa shape index (κ3) is 3.29. The summed E-state index contributed by atoms with van der Waals surface area (Å²) >= 11 is 0. The fourth-order valence-corrected chi connectivity index (χ4v) is 3.14. The van der Waals surface area contributed by atoms with Gasteiger partial charge in [-0.2, -0.15) is 4.31 Å². The minimum Gasteiger partial charge on any atom is -0.264 e. The number of nitro groups is 1.